The van der Waals surface area contributed by atoms with E-state index in [0.717, 1.165) is 16.7 Å². The van der Waals surface area contributed by atoms with Crippen molar-refractivity contribution in [2.75, 3.05) is 19.8 Å². The van der Waals surface area contributed by atoms with Crippen LogP contribution in [0.3, 0.4) is 0 Å². The monoisotopic (exact) mass is 441 g/mol. The first kappa shape index (κ1) is 20.1. The molecule has 7 nitrogen and oxygen atoms in total. The number of aliphatic carboxylic acids is 1. The Labute approximate surface area is 162 Å². The number of carbonyl (C=O) groups excluding carboxylic acids is 2. The number of thioether (sulfide) groups is 1. The molecule has 0 aromatic heterocycles. The van der Waals surface area contributed by atoms with Crippen molar-refractivity contribution in [1.82, 2.24) is 4.90 Å². The van der Waals surface area contributed by atoms with Crippen LogP contribution in [0.5, 0.6) is 11.5 Å². The molecule has 2 amide bonds. The average Bonchev–Trinajstić information content (AvgIpc) is 2.84. The molecule has 138 valence electrons. The van der Waals surface area contributed by atoms with Gasteiger partial charge in [0.1, 0.15) is 0 Å². The van der Waals surface area contributed by atoms with Crippen molar-refractivity contribution < 1.29 is 29.0 Å². The van der Waals surface area contributed by atoms with Crippen molar-refractivity contribution >= 4 is 50.9 Å². The number of nitrogens with zero attached hydrogens (tertiary/aromatic N) is 1. The largest absolute Gasteiger partial charge is 0.490 e. The maximum Gasteiger partial charge on any atom is 0.341 e. The van der Waals surface area contributed by atoms with Gasteiger partial charge in [-0.05, 0) is 42.5 Å². The molecule has 2 rings (SSSR count). The zero-order chi connectivity index (χ0) is 19.3. The van der Waals surface area contributed by atoms with E-state index in [1.807, 2.05) is 0 Å². The van der Waals surface area contributed by atoms with Crippen LogP contribution in [0, 0.1) is 0 Å². The van der Waals surface area contributed by atoms with Gasteiger partial charge in [0.25, 0.3) is 11.1 Å². The first-order valence-electron chi connectivity index (χ1n) is 7.54. The predicted molar refractivity (Wildman–Crippen MR) is 101 cm³/mol. The molecule has 0 atom stereocenters. The Balaban J connectivity index is 2.36. The highest BCUT2D eigenvalue weighted by Crippen LogP contribution is 2.38. The average molecular weight is 442 g/mol. The minimum atomic E-state index is -1.11. The van der Waals surface area contributed by atoms with Crippen LogP contribution in [0.2, 0.25) is 0 Å². The molecule has 1 fully saturated rings. The number of hydrogen-bond donors (Lipinski definition) is 1. The van der Waals surface area contributed by atoms with E-state index in [1.54, 1.807) is 25.1 Å². The van der Waals surface area contributed by atoms with Gasteiger partial charge in [-0.2, -0.15) is 0 Å². The van der Waals surface area contributed by atoms with Crippen LogP contribution in [0.4, 0.5) is 4.79 Å². The molecule has 9 heteroatoms. The van der Waals surface area contributed by atoms with Crippen LogP contribution in [-0.4, -0.2) is 46.9 Å². The van der Waals surface area contributed by atoms with Crippen LogP contribution in [0.25, 0.3) is 6.08 Å². The first-order valence-corrected chi connectivity index (χ1v) is 9.15. The second kappa shape index (κ2) is 8.91. The summed E-state index contributed by atoms with van der Waals surface area (Å²) < 4.78 is 11.3. The highest BCUT2D eigenvalue weighted by molar-refractivity contribution is 9.10. The Bertz CT molecular complexity index is 792. The zero-order valence-electron chi connectivity index (χ0n) is 13.9. The third kappa shape index (κ3) is 4.67. The third-order valence-electron chi connectivity index (χ3n) is 3.19. The Morgan fingerprint density at radius 1 is 1.35 bits per heavy atom. The van der Waals surface area contributed by atoms with Gasteiger partial charge in [-0.3, -0.25) is 14.5 Å². The lowest BCUT2D eigenvalue weighted by atomic mass is 10.2. The number of rotatable bonds is 8. The minimum absolute atomic E-state index is 0.148. The smallest absolute Gasteiger partial charge is 0.341 e. The summed E-state index contributed by atoms with van der Waals surface area (Å²) in [5, 5.41) is 8.40. The zero-order valence-corrected chi connectivity index (χ0v) is 16.3. The van der Waals surface area contributed by atoms with Crippen molar-refractivity contribution in [3.63, 3.8) is 0 Å². The summed E-state index contributed by atoms with van der Waals surface area (Å²) in [6, 6.07) is 3.18. The molecule has 0 radical (unpaired) electrons. The second-order valence-electron chi connectivity index (χ2n) is 5.02. The van der Waals surface area contributed by atoms with E-state index >= 15 is 0 Å². The van der Waals surface area contributed by atoms with Gasteiger partial charge in [-0.25, -0.2) is 4.79 Å². The van der Waals surface area contributed by atoms with Gasteiger partial charge in [-0.15, -0.1) is 6.58 Å². The van der Waals surface area contributed by atoms with Crippen LogP contribution in [-0.2, 0) is 9.59 Å². The number of carboxylic acids is 1. The maximum atomic E-state index is 12.3. The molecule has 26 heavy (non-hydrogen) atoms. The van der Waals surface area contributed by atoms with E-state index in [-0.39, 0.29) is 22.4 Å². The second-order valence-corrected chi connectivity index (χ2v) is 6.86. The van der Waals surface area contributed by atoms with E-state index < -0.39 is 18.5 Å². The van der Waals surface area contributed by atoms with E-state index in [0.29, 0.717) is 22.4 Å². The molecule has 1 N–H and O–H groups in total. The molecule has 0 saturated carbocycles. The normalized spacial score (nSPS) is 15.5. The standard InChI is InChI=1S/C17H16BrNO6S/c1-3-5-19-16(22)14(26-17(19)23)7-10-6-12(24-4-2)13(8-11(10)18)25-9-15(20)21/h3,6-8H,1,4-5,9H2,2H3,(H,20,21)/b14-7+. The summed E-state index contributed by atoms with van der Waals surface area (Å²) in [4.78, 5) is 36.3. The molecule has 1 aromatic rings. The van der Waals surface area contributed by atoms with E-state index in [1.165, 1.54) is 6.08 Å². The topological polar surface area (TPSA) is 93.1 Å². The number of benzene rings is 1. The molecule has 1 aromatic carbocycles. The van der Waals surface area contributed by atoms with Crippen LogP contribution < -0.4 is 9.47 Å². The van der Waals surface area contributed by atoms with Crippen molar-refractivity contribution in [2.45, 2.75) is 6.92 Å². The molecule has 0 bridgehead atoms. The fourth-order valence-electron chi connectivity index (χ4n) is 2.11. The quantitative estimate of drug-likeness (QED) is 0.486. The maximum absolute atomic E-state index is 12.3. The molecule has 1 aliphatic heterocycles. The summed E-state index contributed by atoms with van der Waals surface area (Å²) in [5.74, 6) is -0.897. The van der Waals surface area contributed by atoms with E-state index in [2.05, 4.69) is 22.5 Å². The number of amides is 2. The molecule has 1 saturated heterocycles. The van der Waals surface area contributed by atoms with Gasteiger partial charge >= 0.3 is 5.97 Å². The molecule has 0 aliphatic carbocycles. The van der Waals surface area contributed by atoms with Crippen LogP contribution in [0.1, 0.15) is 12.5 Å². The van der Waals surface area contributed by atoms with E-state index in [4.69, 9.17) is 14.6 Å². The van der Waals surface area contributed by atoms with Gasteiger partial charge in [0.05, 0.1) is 11.5 Å². The SMILES string of the molecule is C=CCN1C(=O)S/C(=C/c2cc(OCC)c(OCC(=O)O)cc2Br)C1=O. The van der Waals surface area contributed by atoms with Crippen LogP contribution >= 0.6 is 27.7 Å². The molecule has 1 heterocycles. The summed E-state index contributed by atoms with van der Waals surface area (Å²) in [6.45, 7) is 5.30. The van der Waals surface area contributed by atoms with Gasteiger partial charge in [0.2, 0.25) is 0 Å². The summed E-state index contributed by atoms with van der Waals surface area (Å²) in [5.41, 5.74) is 0.597. The summed E-state index contributed by atoms with van der Waals surface area (Å²) >= 11 is 4.21. The van der Waals surface area contributed by atoms with Crippen molar-refractivity contribution in [2.24, 2.45) is 0 Å². The highest BCUT2D eigenvalue weighted by Gasteiger charge is 2.34. The number of hydrogen-bond acceptors (Lipinski definition) is 6. The lowest BCUT2D eigenvalue weighted by molar-refractivity contribution is -0.139. The minimum Gasteiger partial charge on any atom is -0.490 e. The summed E-state index contributed by atoms with van der Waals surface area (Å²) in [6.07, 6.45) is 3.05. The van der Waals surface area contributed by atoms with Crippen molar-refractivity contribution in [3.05, 3.63) is 39.7 Å². The van der Waals surface area contributed by atoms with Gasteiger partial charge in [0.15, 0.2) is 18.1 Å². The molecule has 1 aliphatic rings. The summed E-state index contributed by atoms with van der Waals surface area (Å²) in [7, 11) is 0. The highest BCUT2D eigenvalue weighted by atomic mass is 79.9. The molecule has 0 unspecified atom stereocenters. The fourth-order valence-corrected chi connectivity index (χ4v) is 3.39. The lowest BCUT2D eigenvalue weighted by Crippen LogP contribution is -2.27. The Morgan fingerprint density at radius 3 is 2.65 bits per heavy atom. The number of ether oxygens (including phenoxy) is 2. The molecular formula is C17H16BrNO6S. The third-order valence-corrected chi connectivity index (χ3v) is 4.78. The number of carboxylic acid groups (broad SMARTS) is 1. The Kier molecular flexibility index (Phi) is 6.87. The van der Waals surface area contributed by atoms with Gasteiger partial charge in [-0.1, -0.05) is 22.0 Å². The number of halogens is 1. The first-order chi connectivity index (χ1) is 12.4. The Morgan fingerprint density at radius 2 is 2.04 bits per heavy atom. The number of imide groups is 1. The fraction of sp³-hybridized carbons (Fsp3) is 0.235. The lowest BCUT2D eigenvalue weighted by Gasteiger charge is -2.13. The molecule has 0 spiro atoms. The van der Waals surface area contributed by atoms with Crippen molar-refractivity contribution in [3.8, 4) is 11.5 Å². The van der Waals surface area contributed by atoms with Crippen LogP contribution in [0.15, 0.2) is 34.2 Å². The van der Waals surface area contributed by atoms with Gasteiger partial charge < -0.3 is 14.6 Å². The number of carbonyl (C=O) groups is 3. The van der Waals surface area contributed by atoms with Crippen molar-refractivity contribution in [1.29, 1.82) is 0 Å². The van der Waals surface area contributed by atoms with E-state index in [9.17, 15) is 14.4 Å². The predicted octanol–water partition coefficient (Wildman–Crippen LogP) is 3.53. The Hall–Kier alpha value is -2.26. The van der Waals surface area contributed by atoms with Gasteiger partial charge in [0, 0.05) is 11.0 Å². The molecular weight excluding hydrogens is 426 g/mol.